The zero-order chi connectivity index (χ0) is 24.6. The fourth-order valence-electron chi connectivity index (χ4n) is 5.45. The van der Waals surface area contributed by atoms with Gasteiger partial charge in [0.1, 0.15) is 23.0 Å². The van der Waals surface area contributed by atoms with Gasteiger partial charge in [0.25, 0.3) is 0 Å². The Bertz CT molecular complexity index is 1480. The van der Waals surface area contributed by atoms with Gasteiger partial charge < -0.3 is 14.3 Å². The van der Waals surface area contributed by atoms with Crippen molar-refractivity contribution in [2.75, 3.05) is 7.11 Å². The summed E-state index contributed by atoms with van der Waals surface area (Å²) in [5.74, 6) is 8.71. The summed E-state index contributed by atoms with van der Waals surface area (Å²) in [5, 5.41) is 4.49. The van der Waals surface area contributed by atoms with E-state index in [9.17, 15) is 0 Å². The van der Waals surface area contributed by atoms with Crippen molar-refractivity contribution in [1.82, 2.24) is 0 Å². The smallest absolute Gasteiger partial charge is 0.147 e. The summed E-state index contributed by atoms with van der Waals surface area (Å²) in [5.41, 5.74) is 4.96. The standard InChI is InChI=1S/C32H29NO3/c1-3-4-5-20-6-8-21(9-7-20)30-31-26-14-12-24(34-2)18-22(26)10-16-28(31)35-29-17-11-23-19-25(36-33)13-15-27(23)32(29)30/h6-19,30H,3-5,33H2,1-2H3. The molecule has 0 saturated heterocycles. The number of hydrogen-bond donors (Lipinski definition) is 1. The highest BCUT2D eigenvalue weighted by Crippen LogP contribution is 2.52. The second kappa shape index (κ2) is 9.21. The summed E-state index contributed by atoms with van der Waals surface area (Å²) < 4.78 is 12.1. The lowest BCUT2D eigenvalue weighted by Crippen LogP contribution is -2.13. The van der Waals surface area contributed by atoms with Crippen molar-refractivity contribution >= 4 is 21.5 Å². The number of rotatable bonds is 6. The number of aryl methyl sites for hydroxylation is 1. The zero-order valence-electron chi connectivity index (χ0n) is 20.6. The van der Waals surface area contributed by atoms with E-state index >= 15 is 0 Å². The molecule has 5 aromatic rings. The van der Waals surface area contributed by atoms with Crippen molar-refractivity contribution < 1.29 is 14.3 Å². The maximum Gasteiger partial charge on any atom is 0.147 e. The Labute approximate surface area is 211 Å². The monoisotopic (exact) mass is 475 g/mol. The van der Waals surface area contributed by atoms with Gasteiger partial charge >= 0.3 is 0 Å². The minimum Gasteiger partial charge on any atom is -0.497 e. The molecule has 0 fully saturated rings. The zero-order valence-corrected chi connectivity index (χ0v) is 20.6. The molecule has 5 aromatic carbocycles. The van der Waals surface area contributed by atoms with Crippen LogP contribution in [0.4, 0.5) is 0 Å². The first kappa shape index (κ1) is 22.4. The molecule has 0 aromatic heterocycles. The van der Waals surface area contributed by atoms with Crippen molar-refractivity contribution in [1.29, 1.82) is 0 Å². The number of benzene rings is 5. The van der Waals surface area contributed by atoms with Crippen molar-refractivity contribution in [3.05, 3.63) is 107 Å². The highest BCUT2D eigenvalue weighted by molar-refractivity contribution is 5.96. The summed E-state index contributed by atoms with van der Waals surface area (Å²) in [7, 11) is 1.70. The van der Waals surface area contributed by atoms with Crippen LogP contribution in [0.1, 0.15) is 47.9 Å². The van der Waals surface area contributed by atoms with Gasteiger partial charge in [-0.1, -0.05) is 61.9 Å². The third kappa shape index (κ3) is 3.75. The van der Waals surface area contributed by atoms with Gasteiger partial charge in [-0.2, -0.15) is 5.90 Å². The summed E-state index contributed by atoms with van der Waals surface area (Å²) in [6.45, 7) is 2.23. The van der Waals surface area contributed by atoms with E-state index in [1.165, 1.54) is 29.5 Å². The lowest BCUT2D eigenvalue weighted by atomic mass is 9.78. The van der Waals surface area contributed by atoms with E-state index in [4.69, 9.17) is 20.2 Å². The number of fused-ring (bicyclic) bond motifs is 6. The van der Waals surface area contributed by atoms with Gasteiger partial charge in [0.05, 0.1) is 7.11 Å². The van der Waals surface area contributed by atoms with E-state index in [-0.39, 0.29) is 5.92 Å². The van der Waals surface area contributed by atoms with Crippen LogP contribution in [0.25, 0.3) is 21.5 Å². The summed E-state index contributed by atoms with van der Waals surface area (Å²) in [6, 6.07) is 29.7. The maximum absolute atomic E-state index is 6.55. The normalized spacial score (nSPS) is 14.2. The Morgan fingerprint density at radius 1 is 0.750 bits per heavy atom. The predicted molar refractivity (Wildman–Crippen MR) is 145 cm³/mol. The Kier molecular flexibility index (Phi) is 5.74. The van der Waals surface area contributed by atoms with Crippen molar-refractivity contribution in [3.63, 3.8) is 0 Å². The molecule has 4 heteroatoms. The van der Waals surface area contributed by atoms with E-state index in [0.29, 0.717) is 5.75 Å². The van der Waals surface area contributed by atoms with E-state index in [0.717, 1.165) is 50.8 Å². The molecule has 0 radical (unpaired) electrons. The minimum atomic E-state index is 0.00872. The van der Waals surface area contributed by atoms with E-state index in [1.54, 1.807) is 7.11 Å². The largest absolute Gasteiger partial charge is 0.497 e. The van der Waals surface area contributed by atoms with Gasteiger partial charge in [0.2, 0.25) is 0 Å². The van der Waals surface area contributed by atoms with Gasteiger partial charge in [-0.25, -0.2) is 0 Å². The van der Waals surface area contributed by atoms with E-state index in [1.807, 2.05) is 18.2 Å². The first-order valence-electron chi connectivity index (χ1n) is 12.5. The number of unbranched alkanes of at least 4 members (excludes halogenated alkanes) is 1. The first-order valence-corrected chi connectivity index (χ1v) is 12.5. The van der Waals surface area contributed by atoms with Crippen LogP contribution in [-0.4, -0.2) is 7.11 Å². The molecule has 0 spiro atoms. The highest BCUT2D eigenvalue weighted by Gasteiger charge is 2.32. The van der Waals surface area contributed by atoms with Gasteiger partial charge in [0, 0.05) is 17.0 Å². The molecule has 0 bridgehead atoms. The molecule has 36 heavy (non-hydrogen) atoms. The van der Waals surface area contributed by atoms with Crippen LogP contribution in [0.2, 0.25) is 0 Å². The number of ether oxygens (including phenoxy) is 2. The molecule has 0 aliphatic carbocycles. The molecule has 2 N–H and O–H groups in total. The van der Waals surface area contributed by atoms with Crippen molar-refractivity contribution in [3.8, 4) is 23.0 Å². The molecule has 1 aliphatic rings. The van der Waals surface area contributed by atoms with Gasteiger partial charge in [0.15, 0.2) is 0 Å². The lowest BCUT2D eigenvalue weighted by molar-refractivity contribution is 0.335. The summed E-state index contributed by atoms with van der Waals surface area (Å²) >= 11 is 0. The molecule has 180 valence electrons. The molecular formula is C32H29NO3. The van der Waals surface area contributed by atoms with Crippen LogP contribution in [0.3, 0.4) is 0 Å². The molecule has 1 atom stereocenters. The predicted octanol–water partition coefficient (Wildman–Crippen LogP) is 7.88. The van der Waals surface area contributed by atoms with Crippen molar-refractivity contribution in [2.45, 2.75) is 32.1 Å². The Morgan fingerprint density at radius 3 is 1.94 bits per heavy atom. The van der Waals surface area contributed by atoms with Crippen LogP contribution in [0.15, 0.2) is 84.9 Å². The van der Waals surface area contributed by atoms with Crippen LogP contribution < -0.4 is 20.2 Å². The fourth-order valence-corrected chi connectivity index (χ4v) is 5.45. The molecule has 1 heterocycles. The fraction of sp³-hybridized carbons (Fsp3) is 0.188. The number of hydrogen-bond acceptors (Lipinski definition) is 4. The molecular weight excluding hydrogens is 446 g/mol. The number of methoxy groups -OCH3 is 1. The average molecular weight is 476 g/mol. The van der Waals surface area contributed by atoms with Crippen molar-refractivity contribution in [2.24, 2.45) is 5.90 Å². The quantitative estimate of drug-likeness (QED) is 0.249. The summed E-state index contributed by atoms with van der Waals surface area (Å²) in [4.78, 5) is 5.02. The summed E-state index contributed by atoms with van der Waals surface area (Å²) in [6.07, 6.45) is 3.49. The van der Waals surface area contributed by atoms with Gasteiger partial charge in [-0.15, -0.1) is 0 Å². The highest BCUT2D eigenvalue weighted by atomic mass is 16.6. The van der Waals surface area contributed by atoms with E-state index < -0.39 is 0 Å². The molecule has 6 rings (SSSR count). The topological polar surface area (TPSA) is 53.7 Å². The Balaban J connectivity index is 1.61. The second-order valence-corrected chi connectivity index (χ2v) is 9.42. The van der Waals surface area contributed by atoms with Crippen LogP contribution >= 0.6 is 0 Å². The molecule has 0 amide bonds. The van der Waals surface area contributed by atoms with E-state index in [2.05, 4.69) is 73.7 Å². The van der Waals surface area contributed by atoms with Gasteiger partial charge in [-0.3, -0.25) is 0 Å². The molecule has 1 aliphatic heterocycles. The lowest BCUT2D eigenvalue weighted by Gasteiger charge is -2.31. The minimum absolute atomic E-state index is 0.00872. The Hall–Kier alpha value is -4.02. The van der Waals surface area contributed by atoms with Crippen LogP contribution in [-0.2, 0) is 6.42 Å². The van der Waals surface area contributed by atoms with Crippen LogP contribution in [0, 0.1) is 0 Å². The average Bonchev–Trinajstić information content (AvgIpc) is 2.94. The molecule has 0 saturated carbocycles. The number of nitrogens with two attached hydrogens (primary N) is 1. The van der Waals surface area contributed by atoms with Crippen LogP contribution in [0.5, 0.6) is 23.0 Å². The third-order valence-electron chi connectivity index (χ3n) is 7.29. The second-order valence-electron chi connectivity index (χ2n) is 9.42. The SMILES string of the molecule is CCCCc1ccc(C2c3c(ccc4cc(OC)ccc34)Oc3ccc4cc(ON)ccc4c32)cc1. The maximum atomic E-state index is 6.55. The Morgan fingerprint density at radius 2 is 1.36 bits per heavy atom. The van der Waals surface area contributed by atoms with Gasteiger partial charge in [-0.05, 0) is 81.9 Å². The molecule has 1 unspecified atom stereocenters. The third-order valence-corrected chi connectivity index (χ3v) is 7.29. The first-order chi connectivity index (χ1) is 17.7. The molecule has 4 nitrogen and oxygen atoms in total.